The van der Waals surface area contributed by atoms with Crippen molar-refractivity contribution in [2.75, 3.05) is 13.1 Å². The highest BCUT2D eigenvalue weighted by Crippen LogP contribution is 2.20. The van der Waals surface area contributed by atoms with Gasteiger partial charge in [0.15, 0.2) is 0 Å². The summed E-state index contributed by atoms with van der Waals surface area (Å²) >= 11 is 3.51. The maximum atomic E-state index is 3.53. The summed E-state index contributed by atoms with van der Waals surface area (Å²) in [5.74, 6) is 0. The van der Waals surface area contributed by atoms with E-state index in [0.29, 0.717) is 0 Å². The topological polar surface area (TPSA) is 17.0 Å². The van der Waals surface area contributed by atoms with E-state index in [1.807, 2.05) is 0 Å². The maximum absolute atomic E-state index is 3.53. The van der Waals surface area contributed by atoms with E-state index in [2.05, 4.69) is 63.2 Å². The van der Waals surface area contributed by atoms with Gasteiger partial charge in [0, 0.05) is 34.7 Å². The van der Waals surface area contributed by atoms with E-state index in [4.69, 9.17) is 0 Å². The van der Waals surface area contributed by atoms with Crippen molar-refractivity contribution in [1.82, 2.24) is 9.88 Å². The zero-order valence-corrected chi connectivity index (χ0v) is 13.2. The van der Waals surface area contributed by atoms with Crippen LogP contribution >= 0.6 is 15.9 Å². The molecule has 0 spiro atoms. The number of unbranched alkanes of at least 4 members (excludes halogenated alkanes) is 3. The Morgan fingerprint density at radius 2 is 2.00 bits per heavy atom. The second-order valence-electron chi connectivity index (χ2n) is 5.02. The minimum Gasteiger partial charge on any atom is -0.346 e. The van der Waals surface area contributed by atoms with Crippen LogP contribution in [0, 0.1) is 0 Å². The third-order valence-corrected chi connectivity index (χ3v) is 3.96. The monoisotopic (exact) mass is 322 g/mol. The van der Waals surface area contributed by atoms with Crippen LogP contribution in [0.2, 0.25) is 0 Å². The molecular formula is C16H23BrN2. The van der Waals surface area contributed by atoms with Crippen molar-refractivity contribution < 1.29 is 0 Å². The lowest BCUT2D eigenvalue weighted by molar-refractivity contribution is 0.567. The number of benzene rings is 1. The van der Waals surface area contributed by atoms with Gasteiger partial charge >= 0.3 is 0 Å². The number of hydrogen-bond acceptors (Lipinski definition) is 1. The lowest BCUT2D eigenvalue weighted by Crippen LogP contribution is -2.20. The summed E-state index contributed by atoms with van der Waals surface area (Å²) in [4.78, 5) is 0. The second-order valence-corrected chi connectivity index (χ2v) is 5.94. The lowest BCUT2D eigenvalue weighted by atomic mass is 10.2. The highest BCUT2D eigenvalue weighted by molar-refractivity contribution is 9.10. The Bertz CT molecular complexity index is 504. The molecule has 1 N–H and O–H groups in total. The van der Waals surface area contributed by atoms with E-state index in [1.165, 1.54) is 36.6 Å². The Morgan fingerprint density at radius 3 is 2.84 bits per heavy atom. The third kappa shape index (κ3) is 4.36. The molecule has 0 aliphatic heterocycles. The number of halogens is 1. The van der Waals surface area contributed by atoms with Crippen molar-refractivity contribution in [3.8, 4) is 0 Å². The molecule has 1 aromatic heterocycles. The van der Waals surface area contributed by atoms with E-state index in [9.17, 15) is 0 Å². The first kappa shape index (κ1) is 14.6. The van der Waals surface area contributed by atoms with Gasteiger partial charge in [-0.15, -0.1) is 0 Å². The first-order valence-electron chi connectivity index (χ1n) is 7.26. The SMILES string of the molecule is CCCCCCNCCn1ccc2cc(Br)ccc21. The standard InChI is InChI=1S/C16H23BrN2/c1-2-3-4-5-9-18-10-12-19-11-8-14-13-15(17)6-7-16(14)19/h6-8,11,13,18H,2-5,9-10,12H2,1H3. The molecule has 2 aromatic rings. The van der Waals surface area contributed by atoms with E-state index in [1.54, 1.807) is 0 Å². The van der Waals surface area contributed by atoms with Gasteiger partial charge in [-0.3, -0.25) is 0 Å². The van der Waals surface area contributed by atoms with Gasteiger partial charge in [0.2, 0.25) is 0 Å². The number of rotatable bonds is 8. The molecule has 0 saturated carbocycles. The second kappa shape index (κ2) is 7.71. The van der Waals surface area contributed by atoms with Gasteiger partial charge in [0.1, 0.15) is 0 Å². The number of nitrogens with zero attached hydrogens (tertiary/aromatic N) is 1. The predicted octanol–water partition coefficient (Wildman–Crippen LogP) is 4.57. The summed E-state index contributed by atoms with van der Waals surface area (Å²) in [6, 6.07) is 8.64. The summed E-state index contributed by atoms with van der Waals surface area (Å²) in [7, 11) is 0. The minimum atomic E-state index is 1.04. The molecule has 0 aliphatic carbocycles. The Labute approximate surface area is 124 Å². The van der Waals surface area contributed by atoms with E-state index < -0.39 is 0 Å². The fourth-order valence-electron chi connectivity index (χ4n) is 2.37. The first-order valence-corrected chi connectivity index (χ1v) is 8.05. The Morgan fingerprint density at radius 1 is 1.11 bits per heavy atom. The number of aromatic nitrogens is 1. The van der Waals surface area contributed by atoms with E-state index in [-0.39, 0.29) is 0 Å². The van der Waals surface area contributed by atoms with Crippen LogP contribution in [-0.2, 0) is 6.54 Å². The zero-order valence-electron chi connectivity index (χ0n) is 11.7. The van der Waals surface area contributed by atoms with Gasteiger partial charge in [-0.05, 0) is 37.2 Å². The molecule has 2 nitrogen and oxygen atoms in total. The summed E-state index contributed by atoms with van der Waals surface area (Å²) in [5, 5.41) is 4.83. The fourth-order valence-corrected chi connectivity index (χ4v) is 2.75. The quantitative estimate of drug-likeness (QED) is 0.704. The van der Waals surface area contributed by atoms with Crippen molar-refractivity contribution in [2.45, 2.75) is 39.2 Å². The lowest BCUT2D eigenvalue weighted by Gasteiger charge is -2.07. The average Bonchev–Trinajstić information content (AvgIpc) is 2.80. The summed E-state index contributed by atoms with van der Waals surface area (Å²) in [5.41, 5.74) is 1.32. The normalized spacial score (nSPS) is 11.3. The van der Waals surface area contributed by atoms with Crippen molar-refractivity contribution in [3.63, 3.8) is 0 Å². The van der Waals surface area contributed by atoms with Crippen LogP contribution in [0.3, 0.4) is 0 Å². The molecule has 0 radical (unpaired) electrons. The Balaban J connectivity index is 1.76. The van der Waals surface area contributed by atoms with Crippen molar-refractivity contribution >= 4 is 26.8 Å². The molecule has 0 unspecified atom stereocenters. The first-order chi connectivity index (χ1) is 9.31. The summed E-state index contributed by atoms with van der Waals surface area (Å²) < 4.78 is 3.47. The molecule has 2 rings (SSSR count). The zero-order chi connectivity index (χ0) is 13.5. The van der Waals surface area contributed by atoms with Gasteiger partial charge in [-0.25, -0.2) is 0 Å². The maximum Gasteiger partial charge on any atom is 0.0481 e. The van der Waals surface area contributed by atoms with Gasteiger partial charge in [-0.2, -0.15) is 0 Å². The van der Waals surface area contributed by atoms with E-state index >= 15 is 0 Å². The summed E-state index contributed by atoms with van der Waals surface area (Å²) in [6.07, 6.45) is 7.50. The van der Waals surface area contributed by atoms with Crippen LogP contribution in [-0.4, -0.2) is 17.7 Å². The molecule has 0 atom stereocenters. The van der Waals surface area contributed by atoms with Crippen LogP contribution in [0.1, 0.15) is 32.6 Å². The number of fused-ring (bicyclic) bond motifs is 1. The molecule has 1 aromatic carbocycles. The van der Waals surface area contributed by atoms with Crippen molar-refractivity contribution in [1.29, 1.82) is 0 Å². The summed E-state index contributed by atoms with van der Waals surface area (Å²) in [6.45, 7) is 5.48. The van der Waals surface area contributed by atoms with Crippen LogP contribution < -0.4 is 5.32 Å². The van der Waals surface area contributed by atoms with Gasteiger partial charge in [0.25, 0.3) is 0 Å². The highest BCUT2D eigenvalue weighted by Gasteiger charge is 2.00. The van der Waals surface area contributed by atoms with Crippen LogP contribution in [0.25, 0.3) is 10.9 Å². The third-order valence-electron chi connectivity index (χ3n) is 3.47. The minimum absolute atomic E-state index is 1.04. The molecule has 0 saturated heterocycles. The van der Waals surface area contributed by atoms with Crippen molar-refractivity contribution in [3.05, 3.63) is 34.9 Å². The largest absolute Gasteiger partial charge is 0.346 e. The van der Waals surface area contributed by atoms with Crippen molar-refractivity contribution in [2.24, 2.45) is 0 Å². The Hall–Kier alpha value is -0.800. The van der Waals surface area contributed by atoms with Gasteiger partial charge in [0.05, 0.1) is 0 Å². The molecule has 0 amide bonds. The average molecular weight is 323 g/mol. The number of nitrogens with one attached hydrogen (secondary N) is 1. The Kier molecular flexibility index (Phi) is 5.93. The van der Waals surface area contributed by atoms with Gasteiger partial charge in [-0.1, -0.05) is 42.1 Å². The molecule has 0 aliphatic rings. The molecule has 3 heteroatoms. The van der Waals surface area contributed by atoms with Crippen LogP contribution in [0.15, 0.2) is 34.9 Å². The predicted molar refractivity (Wildman–Crippen MR) is 86.6 cm³/mol. The molecule has 0 fully saturated rings. The highest BCUT2D eigenvalue weighted by atomic mass is 79.9. The van der Waals surface area contributed by atoms with Crippen LogP contribution in [0.4, 0.5) is 0 Å². The molecule has 19 heavy (non-hydrogen) atoms. The van der Waals surface area contributed by atoms with Gasteiger partial charge < -0.3 is 9.88 Å². The smallest absolute Gasteiger partial charge is 0.0481 e. The molecule has 104 valence electrons. The fraction of sp³-hybridized carbons (Fsp3) is 0.500. The molecule has 1 heterocycles. The molecule has 0 bridgehead atoms. The number of hydrogen-bond donors (Lipinski definition) is 1. The van der Waals surface area contributed by atoms with E-state index in [0.717, 1.165) is 24.1 Å². The molecular weight excluding hydrogens is 300 g/mol. The van der Waals surface area contributed by atoms with Crippen LogP contribution in [0.5, 0.6) is 0 Å².